The molecular formula is C17H19N3O2. The standard InChI is InChI=1S/C17H19N3O2/c1-2-18-16(21)15-14-11-20(9-12-6-4-3-5-7-12)10-13(14)8-19-17(15)22/h3-8H,2,9-11H2,1H3,(H,18,21)(H,19,22). The van der Waals surface area contributed by atoms with Gasteiger partial charge in [-0.1, -0.05) is 30.3 Å². The number of aromatic amines is 1. The van der Waals surface area contributed by atoms with Gasteiger partial charge in [0.15, 0.2) is 0 Å². The molecule has 0 bridgehead atoms. The van der Waals surface area contributed by atoms with Crippen LogP contribution in [0.25, 0.3) is 0 Å². The van der Waals surface area contributed by atoms with Gasteiger partial charge in [-0.15, -0.1) is 0 Å². The van der Waals surface area contributed by atoms with Crippen LogP contribution in [0.2, 0.25) is 0 Å². The molecule has 0 unspecified atom stereocenters. The van der Waals surface area contributed by atoms with E-state index in [4.69, 9.17) is 0 Å². The topological polar surface area (TPSA) is 65.2 Å². The summed E-state index contributed by atoms with van der Waals surface area (Å²) in [5.74, 6) is -0.290. The van der Waals surface area contributed by atoms with Gasteiger partial charge in [-0.2, -0.15) is 0 Å². The van der Waals surface area contributed by atoms with Crippen LogP contribution in [0.3, 0.4) is 0 Å². The molecule has 0 saturated heterocycles. The average Bonchev–Trinajstić information content (AvgIpc) is 2.90. The molecule has 0 radical (unpaired) electrons. The highest BCUT2D eigenvalue weighted by atomic mass is 16.2. The molecule has 0 fully saturated rings. The van der Waals surface area contributed by atoms with Crippen molar-refractivity contribution in [2.45, 2.75) is 26.6 Å². The Morgan fingerprint density at radius 3 is 2.77 bits per heavy atom. The van der Waals surface area contributed by atoms with E-state index in [1.165, 1.54) is 5.56 Å². The van der Waals surface area contributed by atoms with E-state index >= 15 is 0 Å². The maximum atomic E-state index is 12.1. The normalized spacial score (nSPS) is 13.9. The number of nitrogens with zero attached hydrogens (tertiary/aromatic N) is 1. The summed E-state index contributed by atoms with van der Waals surface area (Å²) in [7, 11) is 0. The fraction of sp³-hybridized carbons (Fsp3) is 0.294. The SMILES string of the molecule is CCNC(=O)c1c2c(c[nH]c1=O)CN(Cc1ccccc1)C2. The van der Waals surface area contributed by atoms with Gasteiger partial charge in [-0.25, -0.2) is 0 Å². The number of hydrogen-bond donors (Lipinski definition) is 2. The lowest BCUT2D eigenvalue weighted by atomic mass is 10.1. The molecule has 5 heteroatoms. The summed E-state index contributed by atoms with van der Waals surface area (Å²) >= 11 is 0. The first kappa shape index (κ1) is 14.5. The number of rotatable bonds is 4. The van der Waals surface area contributed by atoms with E-state index in [1.54, 1.807) is 6.20 Å². The van der Waals surface area contributed by atoms with Gasteiger partial charge in [0.2, 0.25) is 0 Å². The van der Waals surface area contributed by atoms with Crippen LogP contribution in [-0.2, 0) is 19.6 Å². The van der Waals surface area contributed by atoms with Crippen molar-refractivity contribution in [1.82, 2.24) is 15.2 Å². The van der Waals surface area contributed by atoms with Crippen LogP contribution in [-0.4, -0.2) is 22.3 Å². The molecule has 1 aliphatic heterocycles. The van der Waals surface area contributed by atoms with E-state index < -0.39 is 0 Å². The van der Waals surface area contributed by atoms with E-state index in [0.717, 1.165) is 24.2 Å². The molecule has 22 heavy (non-hydrogen) atoms. The zero-order chi connectivity index (χ0) is 15.5. The lowest BCUT2D eigenvalue weighted by molar-refractivity contribution is 0.0953. The predicted octanol–water partition coefficient (Wildman–Crippen LogP) is 1.64. The first-order valence-electron chi connectivity index (χ1n) is 7.47. The summed E-state index contributed by atoms with van der Waals surface area (Å²) in [4.78, 5) is 29.1. The van der Waals surface area contributed by atoms with Gasteiger partial charge in [0.25, 0.3) is 11.5 Å². The van der Waals surface area contributed by atoms with Gasteiger partial charge in [0.05, 0.1) is 0 Å². The Hall–Kier alpha value is -2.40. The van der Waals surface area contributed by atoms with Crippen LogP contribution in [0.4, 0.5) is 0 Å². The van der Waals surface area contributed by atoms with Crippen molar-refractivity contribution in [3.05, 3.63) is 69.1 Å². The maximum absolute atomic E-state index is 12.1. The third kappa shape index (κ3) is 2.80. The predicted molar refractivity (Wildman–Crippen MR) is 84.5 cm³/mol. The molecule has 0 saturated carbocycles. The smallest absolute Gasteiger partial charge is 0.261 e. The van der Waals surface area contributed by atoms with E-state index in [9.17, 15) is 9.59 Å². The molecule has 0 aliphatic carbocycles. The number of benzene rings is 1. The fourth-order valence-corrected chi connectivity index (χ4v) is 2.89. The van der Waals surface area contributed by atoms with Crippen LogP contribution in [0, 0.1) is 0 Å². The molecule has 2 heterocycles. The number of carbonyl (C=O) groups excluding carboxylic acids is 1. The molecular weight excluding hydrogens is 278 g/mol. The third-order valence-corrected chi connectivity index (χ3v) is 3.88. The minimum Gasteiger partial charge on any atom is -0.352 e. The molecule has 5 nitrogen and oxygen atoms in total. The van der Waals surface area contributed by atoms with Gasteiger partial charge < -0.3 is 10.3 Å². The van der Waals surface area contributed by atoms with Crippen LogP contribution in [0.1, 0.15) is 34.0 Å². The van der Waals surface area contributed by atoms with Crippen molar-refractivity contribution in [2.24, 2.45) is 0 Å². The number of fused-ring (bicyclic) bond motifs is 1. The second-order valence-corrected chi connectivity index (χ2v) is 5.49. The molecule has 1 aliphatic rings. The molecule has 1 amide bonds. The van der Waals surface area contributed by atoms with Crippen molar-refractivity contribution in [3.63, 3.8) is 0 Å². The molecule has 1 aromatic carbocycles. The third-order valence-electron chi connectivity index (χ3n) is 3.88. The average molecular weight is 297 g/mol. The van der Waals surface area contributed by atoms with Crippen LogP contribution < -0.4 is 10.9 Å². The zero-order valence-electron chi connectivity index (χ0n) is 12.6. The van der Waals surface area contributed by atoms with E-state index in [1.807, 2.05) is 25.1 Å². The largest absolute Gasteiger partial charge is 0.352 e. The van der Waals surface area contributed by atoms with Crippen LogP contribution in [0.5, 0.6) is 0 Å². The number of amides is 1. The first-order chi connectivity index (χ1) is 10.7. The Balaban J connectivity index is 1.85. The van der Waals surface area contributed by atoms with Gasteiger partial charge in [-0.05, 0) is 23.6 Å². The molecule has 3 rings (SSSR count). The monoisotopic (exact) mass is 297 g/mol. The molecule has 0 spiro atoms. The van der Waals surface area contributed by atoms with Gasteiger partial charge in [0.1, 0.15) is 5.56 Å². The van der Waals surface area contributed by atoms with Gasteiger partial charge in [0, 0.05) is 32.4 Å². The lowest BCUT2D eigenvalue weighted by Gasteiger charge is -2.14. The van der Waals surface area contributed by atoms with Crippen molar-refractivity contribution < 1.29 is 4.79 Å². The number of pyridine rings is 1. The van der Waals surface area contributed by atoms with Gasteiger partial charge in [-0.3, -0.25) is 14.5 Å². The first-order valence-corrected chi connectivity index (χ1v) is 7.47. The fourth-order valence-electron chi connectivity index (χ4n) is 2.89. The van der Waals surface area contributed by atoms with E-state index in [0.29, 0.717) is 13.1 Å². The Morgan fingerprint density at radius 1 is 1.27 bits per heavy atom. The van der Waals surface area contributed by atoms with Crippen molar-refractivity contribution in [2.75, 3.05) is 6.54 Å². The second kappa shape index (κ2) is 6.15. The number of hydrogen-bond acceptors (Lipinski definition) is 3. The van der Waals surface area contributed by atoms with Gasteiger partial charge >= 0.3 is 0 Å². The Labute approximate surface area is 129 Å². The highest BCUT2D eigenvalue weighted by Crippen LogP contribution is 2.25. The van der Waals surface area contributed by atoms with E-state index in [-0.39, 0.29) is 17.0 Å². The summed E-state index contributed by atoms with van der Waals surface area (Å²) in [5.41, 5.74) is 3.05. The molecule has 114 valence electrons. The Kier molecular flexibility index (Phi) is 4.06. The van der Waals surface area contributed by atoms with E-state index in [2.05, 4.69) is 27.3 Å². The second-order valence-electron chi connectivity index (χ2n) is 5.49. The zero-order valence-corrected chi connectivity index (χ0v) is 12.6. The van der Waals surface area contributed by atoms with Crippen LogP contribution in [0.15, 0.2) is 41.3 Å². The van der Waals surface area contributed by atoms with Crippen molar-refractivity contribution >= 4 is 5.91 Å². The summed E-state index contributed by atoms with van der Waals surface area (Å²) in [6.07, 6.45) is 1.73. The number of H-pyrrole nitrogens is 1. The summed E-state index contributed by atoms with van der Waals surface area (Å²) in [6.45, 7) is 4.53. The van der Waals surface area contributed by atoms with Crippen LogP contribution >= 0.6 is 0 Å². The number of carbonyl (C=O) groups is 1. The molecule has 0 atom stereocenters. The maximum Gasteiger partial charge on any atom is 0.261 e. The summed E-state index contributed by atoms with van der Waals surface area (Å²) in [6, 6.07) is 10.2. The minimum atomic E-state index is -0.314. The number of aromatic nitrogens is 1. The van der Waals surface area contributed by atoms with Crippen molar-refractivity contribution in [3.8, 4) is 0 Å². The Morgan fingerprint density at radius 2 is 2.05 bits per heavy atom. The quantitative estimate of drug-likeness (QED) is 0.901. The lowest BCUT2D eigenvalue weighted by Crippen LogP contribution is -2.31. The van der Waals surface area contributed by atoms with Crippen molar-refractivity contribution in [1.29, 1.82) is 0 Å². The highest BCUT2D eigenvalue weighted by molar-refractivity contribution is 5.95. The summed E-state index contributed by atoms with van der Waals surface area (Å²) < 4.78 is 0. The summed E-state index contributed by atoms with van der Waals surface area (Å²) in [5, 5.41) is 2.72. The molecule has 2 aromatic rings. The highest BCUT2D eigenvalue weighted by Gasteiger charge is 2.26. The Bertz CT molecular complexity index is 737. The number of nitrogens with one attached hydrogen (secondary N) is 2. The minimum absolute atomic E-state index is 0.259. The molecule has 1 aromatic heterocycles. The molecule has 2 N–H and O–H groups in total.